The summed E-state index contributed by atoms with van der Waals surface area (Å²) in [6, 6.07) is 19.6. The largest absolute Gasteiger partial charge is 0.508 e. The van der Waals surface area contributed by atoms with Crippen molar-refractivity contribution >= 4 is 55.9 Å². The van der Waals surface area contributed by atoms with Gasteiger partial charge in [-0.25, -0.2) is 4.99 Å². The van der Waals surface area contributed by atoms with E-state index < -0.39 is 5.25 Å². The fourth-order valence-corrected chi connectivity index (χ4v) is 4.49. The minimum atomic E-state index is -0.624. The Morgan fingerprint density at radius 2 is 1.52 bits per heavy atom. The van der Waals surface area contributed by atoms with Gasteiger partial charge in [-0.15, -0.1) is 0 Å². The minimum Gasteiger partial charge on any atom is -0.508 e. The summed E-state index contributed by atoms with van der Waals surface area (Å²) in [7, 11) is 0. The van der Waals surface area contributed by atoms with Gasteiger partial charge in [-0.2, -0.15) is 0 Å². The average Bonchev–Trinajstić information content (AvgIpc) is 3.05. The summed E-state index contributed by atoms with van der Waals surface area (Å²) >= 11 is 4.57. The second-order valence-corrected chi connectivity index (χ2v) is 8.93. The van der Waals surface area contributed by atoms with E-state index in [1.807, 2.05) is 0 Å². The third-order valence-electron chi connectivity index (χ3n) is 4.65. The lowest BCUT2D eigenvalue weighted by molar-refractivity contribution is -0.116. The number of Topliss-reactive ketones (excluding diaryl/α,β-unsaturated/α-hetero) is 1. The third-order valence-corrected chi connectivity index (χ3v) is 6.32. The van der Waals surface area contributed by atoms with Crippen LogP contribution in [0.4, 0.5) is 11.4 Å². The van der Waals surface area contributed by atoms with E-state index in [0.29, 0.717) is 22.1 Å². The average molecular weight is 497 g/mol. The van der Waals surface area contributed by atoms with E-state index >= 15 is 0 Å². The molecule has 1 saturated heterocycles. The van der Waals surface area contributed by atoms with E-state index in [-0.39, 0.29) is 29.6 Å². The highest BCUT2D eigenvalue weighted by molar-refractivity contribution is 9.10. The van der Waals surface area contributed by atoms with Gasteiger partial charge in [0, 0.05) is 16.5 Å². The van der Waals surface area contributed by atoms with Gasteiger partial charge in [0.1, 0.15) is 11.5 Å². The molecule has 31 heavy (non-hydrogen) atoms. The molecule has 1 aliphatic heterocycles. The number of aromatic hydroxyl groups is 2. The highest BCUT2D eigenvalue weighted by Crippen LogP contribution is 2.36. The van der Waals surface area contributed by atoms with Gasteiger partial charge < -0.3 is 10.2 Å². The molecule has 1 heterocycles. The number of phenols is 2. The number of hydrogen-bond acceptors (Lipinski definition) is 6. The minimum absolute atomic E-state index is 0.0360. The number of nitrogens with zero attached hydrogens (tertiary/aromatic N) is 2. The quantitative estimate of drug-likeness (QED) is 0.469. The van der Waals surface area contributed by atoms with Crippen molar-refractivity contribution in [2.45, 2.75) is 11.7 Å². The first-order chi connectivity index (χ1) is 14.9. The normalized spacial score (nSPS) is 17.3. The molecule has 1 amide bonds. The molecule has 6 nitrogen and oxygen atoms in total. The molecule has 1 fully saturated rings. The molecule has 0 radical (unpaired) electrons. The second-order valence-electron chi connectivity index (χ2n) is 6.84. The molecule has 1 atom stereocenters. The zero-order chi connectivity index (χ0) is 22.0. The van der Waals surface area contributed by atoms with Gasteiger partial charge in [0.15, 0.2) is 11.0 Å². The Morgan fingerprint density at radius 1 is 0.935 bits per heavy atom. The first-order valence-corrected chi connectivity index (χ1v) is 11.0. The third kappa shape index (κ3) is 4.81. The topological polar surface area (TPSA) is 90.2 Å². The van der Waals surface area contributed by atoms with Crippen LogP contribution in [-0.4, -0.2) is 32.3 Å². The van der Waals surface area contributed by atoms with Gasteiger partial charge in [-0.1, -0.05) is 39.8 Å². The molecule has 3 aromatic carbocycles. The van der Waals surface area contributed by atoms with E-state index in [2.05, 4.69) is 20.9 Å². The van der Waals surface area contributed by atoms with Crippen LogP contribution in [0.2, 0.25) is 0 Å². The van der Waals surface area contributed by atoms with Crippen LogP contribution >= 0.6 is 27.7 Å². The Kier molecular flexibility index (Phi) is 6.11. The van der Waals surface area contributed by atoms with Crippen molar-refractivity contribution in [2.75, 3.05) is 4.90 Å². The number of halogens is 1. The maximum absolute atomic E-state index is 13.2. The first kappa shape index (κ1) is 21.1. The van der Waals surface area contributed by atoms with E-state index in [1.54, 1.807) is 48.5 Å². The van der Waals surface area contributed by atoms with Crippen LogP contribution in [0.1, 0.15) is 16.8 Å². The Hall–Kier alpha value is -3.10. The van der Waals surface area contributed by atoms with Crippen LogP contribution in [0.3, 0.4) is 0 Å². The predicted octanol–water partition coefficient (Wildman–Crippen LogP) is 5.27. The maximum Gasteiger partial charge on any atom is 0.247 e. The van der Waals surface area contributed by atoms with Crippen LogP contribution in [-0.2, 0) is 4.79 Å². The molecule has 4 rings (SSSR count). The van der Waals surface area contributed by atoms with E-state index in [1.165, 1.54) is 40.9 Å². The molecule has 8 heteroatoms. The number of thioether (sulfide) groups is 1. The highest BCUT2D eigenvalue weighted by Gasteiger charge is 2.40. The van der Waals surface area contributed by atoms with Gasteiger partial charge in [0.25, 0.3) is 0 Å². The maximum atomic E-state index is 13.2. The van der Waals surface area contributed by atoms with E-state index in [4.69, 9.17) is 0 Å². The number of anilines is 1. The van der Waals surface area contributed by atoms with Crippen LogP contribution in [0, 0.1) is 0 Å². The predicted molar refractivity (Wildman–Crippen MR) is 125 cm³/mol. The molecular weight excluding hydrogens is 480 g/mol. The fourth-order valence-electron chi connectivity index (χ4n) is 3.07. The van der Waals surface area contributed by atoms with Gasteiger partial charge in [0.2, 0.25) is 5.91 Å². The summed E-state index contributed by atoms with van der Waals surface area (Å²) in [5, 5.41) is 18.9. The van der Waals surface area contributed by atoms with Crippen LogP contribution < -0.4 is 4.90 Å². The summed E-state index contributed by atoms with van der Waals surface area (Å²) in [4.78, 5) is 32.0. The molecule has 0 spiro atoms. The molecule has 0 aromatic heterocycles. The molecule has 1 unspecified atom stereocenters. The summed E-state index contributed by atoms with van der Waals surface area (Å²) < 4.78 is 0.872. The number of phenolic OH excluding ortho intramolecular Hbond substituents is 2. The molecule has 0 bridgehead atoms. The summed E-state index contributed by atoms with van der Waals surface area (Å²) in [5.41, 5.74) is 1.65. The Balaban J connectivity index is 1.64. The number of carbonyl (C=O) groups excluding carboxylic acids is 2. The van der Waals surface area contributed by atoms with Crippen molar-refractivity contribution in [3.8, 4) is 11.5 Å². The number of benzene rings is 3. The van der Waals surface area contributed by atoms with Crippen LogP contribution in [0.15, 0.2) is 82.3 Å². The Morgan fingerprint density at radius 3 is 2.13 bits per heavy atom. The molecule has 2 N–H and O–H groups in total. The monoisotopic (exact) mass is 496 g/mol. The lowest BCUT2D eigenvalue weighted by atomic mass is 10.1. The highest BCUT2D eigenvalue weighted by atomic mass is 79.9. The van der Waals surface area contributed by atoms with Crippen molar-refractivity contribution < 1.29 is 19.8 Å². The molecule has 3 aromatic rings. The number of carbonyl (C=O) groups is 2. The van der Waals surface area contributed by atoms with Crippen LogP contribution in [0.5, 0.6) is 11.5 Å². The Bertz CT molecular complexity index is 1150. The number of aliphatic imine (C=N–C) groups is 1. The molecule has 1 aliphatic rings. The van der Waals surface area contributed by atoms with Crippen molar-refractivity contribution in [1.29, 1.82) is 0 Å². The number of amides is 1. The van der Waals surface area contributed by atoms with E-state index in [9.17, 15) is 19.8 Å². The smallest absolute Gasteiger partial charge is 0.247 e. The number of amidine groups is 1. The number of hydrogen-bond donors (Lipinski definition) is 2. The van der Waals surface area contributed by atoms with Gasteiger partial charge in [-0.05, 0) is 60.7 Å². The van der Waals surface area contributed by atoms with Gasteiger partial charge >= 0.3 is 0 Å². The number of ketones is 1. The molecular formula is C23H17BrN2O4S. The van der Waals surface area contributed by atoms with Crippen molar-refractivity contribution in [2.24, 2.45) is 4.99 Å². The standard InChI is InChI=1S/C23H17BrN2O4S/c24-15-3-1-14(2-4-15)20(29)13-21-22(30)26(17-7-11-19(28)12-8-17)23(31-21)25-16-5-9-18(27)10-6-16/h1-12,21,27-28H,13H2. The van der Waals surface area contributed by atoms with Gasteiger partial charge in [0.05, 0.1) is 16.6 Å². The summed E-state index contributed by atoms with van der Waals surface area (Å²) in [6.07, 6.45) is 0.0360. The lowest BCUT2D eigenvalue weighted by Crippen LogP contribution is -2.32. The zero-order valence-corrected chi connectivity index (χ0v) is 18.5. The SMILES string of the molecule is O=C(CC1SC(=Nc2ccc(O)cc2)N(c2ccc(O)cc2)C1=O)c1ccc(Br)cc1. The molecule has 156 valence electrons. The van der Waals surface area contributed by atoms with Crippen molar-refractivity contribution in [3.63, 3.8) is 0 Å². The summed E-state index contributed by atoms with van der Waals surface area (Å²) in [6.45, 7) is 0. The van der Waals surface area contributed by atoms with Crippen molar-refractivity contribution in [3.05, 3.63) is 82.8 Å². The van der Waals surface area contributed by atoms with Crippen molar-refractivity contribution in [1.82, 2.24) is 0 Å². The Labute approximate surface area is 191 Å². The molecule has 0 saturated carbocycles. The number of rotatable bonds is 5. The molecule has 0 aliphatic carbocycles. The summed E-state index contributed by atoms with van der Waals surface area (Å²) in [5.74, 6) is -0.178. The van der Waals surface area contributed by atoms with Crippen LogP contribution in [0.25, 0.3) is 0 Å². The zero-order valence-electron chi connectivity index (χ0n) is 16.1. The fraction of sp³-hybridized carbons (Fsp3) is 0.0870. The first-order valence-electron chi connectivity index (χ1n) is 9.37. The van der Waals surface area contributed by atoms with Gasteiger partial charge in [-0.3, -0.25) is 14.5 Å². The van der Waals surface area contributed by atoms with E-state index in [0.717, 1.165) is 4.47 Å². The second kappa shape index (κ2) is 8.95. The lowest BCUT2D eigenvalue weighted by Gasteiger charge is -2.16.